The monoisotopic (exact) mass is 398 g/mol. The van der Waals surface area contributed by atoms with Gasteiger partial charge in [-0.1, -0.05) is 23.2 Å². The first-order valence-electron chi connectivity index (χ1n) is 6.91. The molecule has 2 amide bonds. The molecule has 0 bridgehead atoms. The molecule has 0 saturated carbocycles. The molecular weight excluding hydrogens is 391 g/mol. The molecule has 0 atom stereocenters. The number of nitrogens with zero attached hydrogens (tertiary/aromatic N) is 4. The number of anilines is 2. The number of rotatable bonds is 3. The number of amidine groups is 1. The van der Waals surface area contributed by atoms with E-state index in [0.29, 0.717) is 22.2 Å². The Kier molecular flexibility index (Phi) is 4.80. The first kappa shape index (κ1) is 17.5. The molecule has 0 aromatic heterocycles. The largest absolute Gasteiger partial charge is 0.335 e. The maximum Gasteiger partial charge on any atom is 0.335 e. The lowest BCUT2D eigenvalue weighted by molar-refractivity contribution is -0.384. The highest BCUT2D eigenvalue weighted by atomic mass is 35.5. The minimum Gasteiger partial charge on any atom is -0.286 e. The Bertz CT molecular complexity index is 886. The van der Waals surface area contributed by atoms with Gasteiger partial charge in [0.25, 0.3) is 5.69 Å². The summed E-state index contributed by atoms with van der Waals surface area (Å²) in [6, 6.07) is 9.92. The summed E-state index contributed by atoms with van der Waals surface area (Å²) in [5, 5.41) is 11.4. The zero-order chi connectivity index (χ0) is 18.1. The molecule has 128 valence electrons. The Morgan fingerprint density at radius 2 is 1.68 bits per heavy atom. The number of halogens is 3. The van der Waals surface area contributed by atoms with Crippen molar-refractivity contribution in [3.63, 3.8) is 0 Å². The molecule has 0 unspecified atom stereocenters. The number of hydrogen-bond donors (Lipinski definition) is 0. The van der Waals surface area contributed by atoms with Crippen molar-refractivity contribution in [1.29, 1.82) is 0 Å². The third-order valence-electron chi connectivity index (χ3n) is 3.61. The Morgan fingerprint density at radius 1 is 1.04 bits per heavy atom. The Labute approximate surface area is 157 Å². The average molecular weight is 400 g/mol. The van der Waals surface area contributed by atoms with Crippen LogP contribution in [0.5, 0.6) is 0 Å². The van der Waals surface area contributed by atoms with Gasteiger partial charge in [-0.2, -0.15) is 4.51 Å². The van der Waals surface area contributed by atoms with Crippen molar-refractivity contribution >= 4 is 63.9 Å². The number of carbonyl (C=O) groups excluding carboxylic acids is 1. The summed E-state index contributed by atoms with van der Waals surface area (Å²) < 4.78 is 3.64. The third kappa shape index (κ3) is 3.26. The summed E-state index contributed by atoms with van der Waals surface area (Å²) in [6.45, 7) is 0.111. The number of nitro benzene ring substituents is 1. The minimum atomic E-state index is -0.511. The molecule has 2 aromatic carbocycles. The summed E-state index contributed by atoms with van der Waals surface area (Å²) in [5.41, 5.74) is 0.877. The fourth-order valence-corrected chi connectivity index (χ4v) is 2.84. The molecule has 10 heteroatoms. The summed E-state index contributed by atoms with van der Waals surface area (Å²) in [5.74, 6) is 0.295. The lowest BCUT2D eigenvalue weighted by atomic mass is 10.2. The molecule has 7 nitrogen and oxygen atoms in total. The summed E-state index contributed by atoms with van der Waals surface area (Å²) in [6.07, 6.45) is 0. The van der Waals surface area contributed by atoms with Crippen molar-refractivity contribution in [2.75, 3.05) is 16.3 Å². The molecule has 0 aliphatic carbocycles. The fraction of sp³-hybridized carbons (Fsp3) is 0.0667. The van der Waals surface area contributed by atoms with Crippen LogP contribution in [0.15, 0.2) is 47.0 Å². The van der Waals surface area contributed by atoms with Gasteiger partial charge in [0.15, 0.2) is 5.84 Å². The Hall–Kier alpha value is -2.35. The molecule has 0 spiro atoms. The minimum absolute atomic E-state index is 0.0667. The molecule has 1 aliphatic rings. The van der Waals surface area contributed by atoms with Crippen molar-refractivity contribution in [1.82, 2.24) is 0 Å². The second-order valence-electron chi connectivity index (χ2n) is 5.08. The molecule has 1 saturated heterocycles. The van der Waals surface area contributed by atoms with Crippen molar-refractivity contribution in [3.05, 3.63) is 62.6 Å². The van der Waals surface area contributed by atoms with Gasteiger partial charge >= 0.3 is 6.03 Å². The number of benzene rings is 2. The number of nitro groups is 1. The van der Waals surface area contributed by atoms with Crippen molar-refractivity contribution < 1.29 is 9.72 Å². The normalized spacial score (nSPS) is 16.0. The van der Waals surface area contributed by atoms with Gasteiger partial charge in [-0.05, 0) is 30.3 Å². The van der Waals surface area contributed by atoms with Crippen LogP contribution in [-0.2, 0) is 0 Å². The van der Waals surface area contributed by atoms with Crippen molar-refractivity contribution in [2.45, 2.75) is 0 Å². The van der Waals surface area contributed by atoms with E-state index in [1.807, 2.05) is 0 Å². The van der Waals surface area contributed by atoms with E-state index in [0.717, 1.165) is 0 Å². The van der Waals surface area contributed by atoms with Gasteiger partial charge < -0.3 is 0 Å². The van der Waals surface area contributed by atoms with E-state index in [2.05, 4.69) is 4.51 Å². The molecule has 2 aromatic rings. The van der Waals surface area contributed by atoms with Gasteiger partial charge in [-0.25, -0.2) is 9.69 Å². The smallest absolute Gasteiger partial charge is 0.286 e. The van der Waals surface area contributed by atoms with Crippen LogP contribution >= 0.6 is 35.0 Å². The van der Waals surface area contributed by atoms with E-state index in [1.54, 1.807) is 12.1 Å². The lowest BCUT2D eigenvalue weighted by Crippen LogP contribution is -2.32. The average Bonchev–Trinajstić information content (AvgIpc) is 2.94. The highest BCUT2D eigenvalue weighted by Crippen LogP contribution is 2.32. The summed E-state index contributed by atoms with van der Waals surface area (Å²) in [7, 11) is 0. The maximum absolute atomic E-state index is 12.8. The fourth-order valence-electron chi connectivity index (χ4n) is 2.42. The highest BCUT2D eigenvalue weighted by molar-refractivity contribution is 6.42. The second-order valence-corrected chi connectivity index (χ2v) is 6.06. The zero-order valence-corrected chi connectivity index (χ0v) is 14.7. The van der Waals surface area contributed by atoms with Crippen molar-refractivity contribution in [2.24, 2.45) is 4.51 Å². The number of hydrogen-bond acceptors (Lipinski definition) is 4. The van der Waals surface area contributed by atoms with Gasteiger partial charge in [0.05, 0.1) is 27.2 Å². The Morgan fingerprint density at radius 3 is 2.24 bits per heavy atom. The van der Waals surface area contributed by atoms with E-state index in [4.69, 9.17) is 35.0 Å². The predicted octanol–water partition coefficient (Wildman–Crippen LogP) is 4.90. The highest BCUT2D eigenvalue weighted by Gasteiger charge is 2.36. The summed E-state index contributed by atoms with van der Waals surface area (Å²) in [4.78, 5) is 25.7. The number of urea groups is 1. The predicted molar refractivity (Wildman–Crippen MR) is 98.1 cm³/mol. The molecule has 3 rings (SSSR count). The maximum atomic E-state index is 12.8. The van der Waals surface area contributed by atoms with Crippen LogP contribution in [0.1, 0.15) is 0 Å². The SMILES string of the molecule is O=C1N(c2ccc([N+](=O)[O-])cc2)CC(=NCl)N1c1ccc(Cl)c(Cl)c1. The lowest BCUT2D eigenvalue weighted by Gasteiger charge is -2.18. The van der Waals surface area contributed by atoms with Crippen LogP contribution in [0.25, 0.3) is 0 Å². The number of amides is 2. The Balaban J connectivity index is 1.95. The van der Waals surface area contributed by atoms with Crippen LogP contribution in [0, 0.1) is 10.1 Å². The number of carbonyl (C=O) groups is 1. The molecule has 0 N–H and O–H groups in total. The molecule has 1 fully saturated rings. The van der Waals surface area contributed by atoms with Crippen LogP contribution in [0.4, 0.5) is 21.9 Å². The second kappa shape index (κ2) is 6.87. The molecule has 1 aliphatic heterocycles. The van der Waals surface area contributed by atoms with E-state index in [-0.39, 0.29) is 17.3 Å². The van der Waals surface area contributed by atoms with E-state index in [9.17, 15) is 14.9 Å². The standard InChI is InChI=1S/C15H9Cl3N4O3/c16-12-6-5-11(7-13(12)17)21-14(19-18)8-20(15(21)23)9-1-3-10(4-2-9)22(24)25/h1-7H,8H2. The van der Waals surface area contributed by atoms with Gasteiger partial charge in [0.2, 0.25) is 0 Å². The van der Waals surface area contributed by atoms with Crippen LogP contribution < -0.4 is 9.80 Å². The van der Waals surface area contributed by atoms with E-state index >= 15 is 0 Å². The number of non-ortho nitro benzene ring substituents is 1. The van der Waals surface area contributed by atoms with Crippen molar-refractivity contribution in [3.8, 4) is 0 Å². The van der Waals surface area contributed by atoms with Crippen LogP contribution in [-0.4, -0.2) is 23.3 Å². The van der Waals surface area contributed by atoms with E-state index in [1.165, 1.54) is 40.1 Å². The van der Waals surface area contributed by atoms with Gasteiger partial charge in [0.1, 0.15) is 0 Å². The molecule has 1 heterocycles. The quantitative estimate of drug-likeness (QED) is 0.544. The topological polar surface area (TPSA) is 79.0 Å². The molecular formula is C15H9Cl3N4O3. The van der Waals surface area contributed by atoms with Crippen LogP contribution in [0.2, 0.25) is 10.0 Å². The van der Waals surface area contributed by atoms with E-state index < -0.39 is 11.0 Å². The molecule has 25 heavy (non-hydrogen) atoms. The first-order valence-corrected chi connectivity index (χ1v) is 8.00. The first-order chi connectivity index (χ1) is 11.9. The van der Waals surface area contributed by atoms with Gasteiger partial charge in [-0.3, -0.25) is 15.0 Å². The zero-order valence-electron chi connectivity index (χ0n) is 12.4. The van der Waals surface area contributed by atoms with Crippen LogP contribution in [0.3, 0.4) is 0 Å². The van der Waals surface area contributed by atoms with Gasteiger partial charge in [0, 0.05) is 29.6 Å². The third-order valence-corrected chi connectivity index (χ3v) is 4.55. The molecule has 0 radical (unpaired) electrons. The van der Waals surface area contributed by atoms with Gasteiger partial charge in [-0.15, -0.1) is 0 Å². The summed E-state index contributed by atoms with van der Waals surface area (Å²) >= 11 is 17.5.